The fourth-order valence-corrected chi connectivity index (χ4v) is 1.65. The van der Waals surface area contributed by atoms with E-state index in [0.717, 1.165) is 6.07 Å². The Morgan fingerprint density at radius 1 is 1.18 bits per heavy atom. The highest BCUT2D eigenvalue weighted by Gasteiger charge is 2.26. The minimum Gasteiger partial charge on any atom is -0.504 e. The SMILES string of the molecule is CC(C)(C)OC(=O)NC(Cc1ccc(O)c(O)c1O)C(=O)O. The maximum absolute atomic E-state index is 11.6. The Morgan fingerprint density at radius 3 is 2.27 bits per heavy atom. The molecule has 5 N–H and O–H groups in total. The molecule has 0 aromatic heterocycles. The molecule has 0 aliphatic heterocycles. The second-order valence-corrected chi connectivity index (χ2v) is 5.68. The van der Waals surface area contributed by atoms with E-state index in [1.807, 2.05) is 0 Å². The van der Waals surface area contributed by atoms with Gasteiger partial charge in [0.1, 0.15) is 11.6 Å². The van der Waals surface area contributed by atoms with E-state index in [2.05, 4.69) is 5.32 Å². The molecule has 0 saturated heterocycles. The van der Waals surface area contributed by atoms with E-state index in [-0.39, 0.29) is 12.0 Å². The van der Waals surface area contributed by atoms with E-state index in [0.29, 0.717) is 0 Å². The molecular formula is C14H19NO7. The lowest BCUT2D eigenvalue weighted by Crippen LogP contribution is -2.44. The van der Waals surface area contributed by atoms with Crippen molar-refractivity contribution >= 4 is 12.1 Å². The summed E-state index contributed by atoms with van der Waals surface area (Å²) in [5, 5.41) is 39.6. The molecule has 1 atom stereocenters. The summed E-state index contributed by atoms with van der Waals surface area (Å²) < 4.78 is 4.96. The predicted molar refractivity (Wildman–Crippen MR) is 75.9 cm³/mol. The number of benzene rings is 1. The molecule has 1 aromatic rings. The molecule has 0 heterocycles. The van der Waals surface area contributed by atoms with Gasteiger partial charge in [-0.1, -0.05) is 6.07 Å². The van der Waals surface area contributed by atoms with Crippen LogP contribution in [0.1, 0.15) is 26.3 Å². The number of carboxylic acid groups (broad SMARTS) is 1. The molecule has 0 aliphatic rings. The van der Waals surface area contributed by atoms with Crippen molar-refractivity contribution in [3.05, 3.63) is 17.7 Å². The van der Waals surface area contributed by atoms with Gasteiger partial charge in [-0.25, -0.2) is 9.59 Å². The first-order chi connectivity index (χ1) is 10.0. The molecule has 0 saturated carbocycles. The van der Waals surface area contributed by atoms with Crippen LogP contribution in [-0.2, 0) is 16.0 Å². The van der Waals surface area contributed by atoms with E-state index in [1.54, 1.807) is 20.8 Å². The van der Waals surface area contributed by atoms with Crippen LogP contribution in [0.4, 0.5) is 4.79 Å². The van der Waals surface area contributed by atoms with Gasteiger partial charge in [-0.3, -0.25) is 0 Å². The molecule has 0 fully saturated rings. The van der Waals surface area contributed by atoms with Gasteiger partial charge in [0.25, 0.3) is 0 Å². The largest absolute Gasteiger partial charge is 0.504 e. The molecule has 1 aromatic carbocycles. The first-order valence-electron chi connectivity index (χ1n) is 6.46. The highest BCUT2D eigenvalue weighted by molar-refractivity contribution is 5.80. The van der Waals surface area contributed by atoms with Gasteiger partial charge in [0.2, 0.25) is 5.75 Å². The highest BCUT2D eigenvalue weighted by atomic mass is 16.6. The van der Waals surface area contributed by atoms with Crippen molar-refractivity contribution in [3.63, 3.8) is 0 Å². The van der Waals surface area contributed by atoms with Gasteiger partial charge >= 0.3 is 12.1 Å². The smallest absolute Gasteiger partial charge is 0.408 e. The summed E-state index contributed by atoms with van der Waals surface area (Å²) >= 11 is 0. The van der Waals surface area contributed by atoms with Crippen LogP contribution in [0, 0.1) is 0 Å². The highest BCUT2D eigenvalue weighted by Crippen LogP contribution is 2.37. The molecule has 1 amide bonds. The molecule has 0 bridgehead atoms. The minimum atomic E-state index is -1.37. The lowest BCUT2D eigenvalue weighted by Gasteiger charge is -2.22. The molecule has 0 spiro atoms. The molecule has 8 heteroatoms. The van der Waals surface area contributed by atoms with Gasteiger partial charge < -0.3 is 30.5 Å². The van der Waals surface area contributed by atoms with E-state index in [1.165, 1.54) is 6.07 Å². The average Bonchev–Trinajstić information content (AvgIpc) is 2.36. The van der Waals surface area contributed by atoms with E-state index >= 15 is 0 Å². The first kappa shape index (κ1) is 17.4. The Balaban J connectivity index is 2.88. The first-order valence-corrected chi connectivity index (χ1v) is 6.46. The second-order valence-electron chi connectivity index (χ2n) is 5.68. The van der Waals surface area contributed by atoms with Crippen molar-refractivity contribution < 1.29 is 34.8 Å². The Labute approximate surface area is 127 Å². The van der Waals surface area contributed by atoms with Crippen molar-refractivity contribution in [2.45, 2.75) is 38.8 Å². The van der Waals surface area contributed by atoms with Gasteiger partial charge in [-0.05, 0) is 26.8 Å². The quantitative estimate of drug-likeness (QED) is 0.529. The lowest BCUT2D eigenvalue weighted by atomic mass is 10.0. The van der Waals surface area contributed by atoms with Gasteiger partial charge in [0.15, 0.2) is 11.5 Å². The van der Waals surface area contributed by atoms with E-state index in [4.69, 9.17) is 9.84 Å². The van der Waals surface area contributed by atoms with Crippen LogP contribution in [0.25, 0.3) is 0 Å². The molecule has 122 valence electrons. The van der Waals surface area contributed by atoms with Crippen molar-refractivity contribution in [3.8, 4) is 17.2 Å². The molecular weight excluding hydrogens is 294 g/mol. The van der Waals surface area contributed by atoms with Crippen LogP contribution in [0.5, 0.6) is 17.2 Å². The standard InChI is InChI=1S/C14H19NO7/c1-14(2,3)22-13(21)15-8(12(19)20)6-7-4-5-9(16)11(18)10(7)17/h4-5,8,16-18H,6H2,1-3H3,(H,15,21)(H,19,20). The van der Waals surface area contributed by atoms with Crippen LogP contribution in [0.3, 0.4) is 0 Å². The Morgan fingerprint density at radius 2 is 1.77 bits per heavy atom. The third kappa shape index (κ3) is 4.72. The summed E-state index contributed by atoms with van der Waals surface area (Å²) in [5.41, 5.74) is -0.731. The number of hydrogen-bond donors (Lipinski definition) is 5. The number of ether oxygens (including phenoxy) is 1. The third-order valence-corrected chi connectivity index (χ3v) is 2.63. The molecule has 0 radical (unpaired) electrons. The van der Waals surface area contributed by atoms with E-state index < -0.39 is 41.0 Å². The monoisotopic (exact) mass is 313 g/mol. The van der Waals surface area contributed by atoms with Crippen molar-refractivity contribution in [2.24, 2.45) is 0 Å². The fourth-order valence-electron chi connectivity index (χ4n) is 1.65. The zero-order valence-electron chi connectivity index (χ0n) is 12.5. The molecule has 1 rings (SSSR count). The van der Waals surface area contributed by atoms with Crippen molar-refractivity contribution in [1.82, 2.24) is 5.32 Å². The number of aliphatic carboxylic acids is 1. The van der Waals surface area contributed by atoms with Crippen LogP contribution in [-0.4, -0.2) is 44.1 Å². The van der Waals surface area contributed by atoms with Gasteiger partial charge in [0, 0.05) is 12.0 Å². The number of aromatic hydroxyl groups is 3. The van der Waals surface area contributed by atoms with Crippen LogP contribution in [0.15, 0.2) is 12.1 Å². The summed E-state index contributed by atoms with van der Waals surface area (Å²) in [4.78, 5) is 22.8. The fraction of sp³-hybridized carbons (Fsp3) is 0.429. The molecule has 1 unspecified atom stereocenters. The van der Waals surface area contributed by atoms with Crippen molar-refractivity contribution in [2.75, 3.05) is 0 Å². The minimum absolute atomic E-state index is 0.0544. The van der Waals surface area contributed by atoms with Gasteiger partial charge in [0.05, 0.1) is 0 Å². The van der Waals surface area contributed by atoms with Gasteiger partial charge in [-0.15, -0.1) is 0 Å². The summed E-state index contributed by atoms with van der Waals surface area (Å²) in [7, 11) is 0. The lowest BCUT2D eigenvalue weighted by molar-refractivity contribution is -0.139. The molecule has 22 heavy (non-hydrogen) atoms. The predicted octanol–water partition coefficient (Wildman–Crippen LogP) is 1.32. The number of phenolic OH excluding ortho intramolecular Hbond substituents is 3. The van der Waals surface area contributed by atoms with E-state index in [9.17, 15) is 24.9 Å². The number of carbonyl (C=O) groups excluding carboxylic acids is 1. The summed E-state index contributed by atoms with van der Waals surface area (Å²) in [5.74, 6) is -3.26. The Hall–Kier alpha value is -2.64. The number of phenols is 3. The number of nitrogens with one attached hydrogen (secondary N) is 1. The average molecular weight is 313 g/mol. The molecule has 8 nitrogen and oxygen atoms in total. The second kappa shape index (κ2) is 6.42. The van der Waals surface area contributed by atoms with Crippen molar-refractivity contribution in [1.29, 1.82) is 0 Å². The maximum atomic E-state index is 11.6. The number of rotatable bonds is 4. The topological polar surface area (TPSA) is 136 Å². The number of amides is 1. The molecule has 0 aliphatic carbocycles. The Kier molecular flexibility index (Phi) is 5.08. The zero-order valence-corrected chi connectivity index (χ0v) is 12.5. The summed E-state index contributed by atoms with van der Waals surface area (Å²) in [6.07, 6.45) is -1.21. The summed E-state index contributed by atoms with van der Waals surface area (Å²) in [6, 6.07) is 0.984. The normalized spacial score (nSPS) is 12.5. The maximum Gasteiger partial charge on any atom is 0.408 e. The van der Waals surface area contributed by atoms with Crippen LogP contribution in [0.2, 0.25) is 0 Å². The van der Waals surface area contributed by atoms with Crippen LogP contribution >= 0.6 is 0 Å². The van der Waals surface area contributed by atoms with Gasteiger partial charge in [-0.2, -0.15) is 0 Å². The van der Waals surface area contributed by atoms with Crippen LogP contribution < -0.4 is 5.32 Å². The number of hydrogen-bond acceptors (Lipinski definition) is 6. The third-order valence-electron chi connectivity index (χ3n) is 2.63. The zero-order chi connectivity index (χ0) is 17.1. The summed E-state index contributed by atoms with van der Waals surface area (Å²) in [6.45, 7) is 4.89. The number of carbonyl (C=O) groups is 2. The Bertz CT molecular complexity index is 577. The number of carboxylic acids is 1. The number of alkyl carbamates (subject to hydrolysis) is 1.